The summed E-state index contributed by atoms with van der Waals surface area (Å²) in [5.74, 6) is 0.410. The van der Waals surface area contributed by atoms with Gasteiger partial charge in [0.25, 0.3) is 5.91 Å². The Morgan fingerprint density at radius 1 is 1.15 bits per heavy atom. The van der Waals surface area contributed by atoms with Crippen LogP contribution in [0, 0.1) is 13.8 Å². The van der Waals surface area contributed by atoms with Crippen LogP contribution in [0.25, 0.3) is 11.0 Å². The molecular weight excluding hydrogens is 428 g/mol. The van der Waals surface area contributed by atoms with E-state index in [1.807, 2.05) is 62.4 Å². The Labute approximate surface area is 197 Å². The first-order valence-electron chi connectivity index (χ1n) is 11.1. The number of carbonyl (C=O) groups excluding carboxylic acids is 1. The van der Waals surface area contributed by atoms with Crippen LogP contribution >= 0.6 is 0 Å². The Morgan fingerprint density at radius 3 is 2.76 bits per heavy atom. The molecule has 4 aromatic rings. The predicted octanol–water partition coefficient (Wildman–Crippen LogP) is 5.12. The van der Waals surface area contributed by atoms with Crippen LogP contribution < -0.4 is 10.2 Å². The van der Waals surface area contributed by atoms with Crippen molar-refractivity contribution >= 4 is 16.9 Å². The predicted molar refractivity (Wildman–Crippen MR) is 130 cm³/mol. The highest BCUT2D eigenvalue weighted by atomic mass is 16.5. The average Bonchev–Trinajstić information content (AvgIpc) is 3.11. The van der Waals surface area contributed by atoms with Crippen LogP contribution in [0.1, 0.15) is 44.4 Å². The molecule has 5 rings (SSSR count). The van der Waals surface area contributed by atoms with Gasteiger partial charge in [-0.1, -0.05) is 36.9 Å². The minimum atomic E-state index is -0.614. The molecule has 1 atom stereocenters. The van der Waals surface area contributed by atoms with Crippen LogP contribution in [-0.2, 0) is 6.54 Å². The van der Waals surface area contributed by atoms with Crippen LogP contribution in [0.3, 0.4) is 0 Å². The zero-order chi connectivity index (χ0) is 23.8. The molecule has 2 aromatic heterocycles. The zero-order valence-electron chi connectivity index (χ0n) is 19.1. The third kappa shape index (κ3) is 3.67. The number of aromatic nitrogens is 1. The molecule has 34 heavy (non-hydrogen) atoms. The summed E-state index contributed by atoms with van der Waals surface area (Å²) in [5, 5.41) is 0.483. The number of aryl methyl sites for hydroxylation is 2. The summed E-state index contributed by atoms with van der Waals surface area (Å²) in [4.78, 5) is 33.3. The van der Waals surface area contributed by atoms with Crippen LogP contribution in [0.15, 0.2) is 82.8 Å². The van der Waals surface area contributed by atoms with Gasteiger partial charge in [0, 0.05) is 18.9 Å². The van der Waals surface area contributed by atoms with E-state index in [9.17, 15) is 9.59 Å². The molecule has 0 N–H and O–H groups in total. The maximum absolute atomic E-state index is 13.8. The van der Waals surface area contributed by atoms with Crippen molar-refractivity contribution in [2.45, 2.75) is 26.4 Å². The number of benzene rings is 2. The fourth-order valence-electron chi connectivity index (χ4n) is 4.60. The van der Waals surface area contributed by atoms with E-state index in [4.69, 9.17) is 9.15 Å². The average molecular weight is 453 g/mol. The lowest BCUT2D eigenvalue weighted by Crippen LogP contribution is -2.29. The maximum Gasteiger partial charge on any atom is 0.291 e. The van der Waals surface area contributed by atoms with Crippen LogP contribution in [0.2, 0.25) is 0 Å². The molecule has 170 valence electrons. The second-order valence-electron chi connectivity index (χ2n) is 8.50. The standard InChI is InChI=1S/C28H24N2O4/c1-4-11-33-21-9-5-8-20(14-21)24-23-25(31)22-13-17(2)12-18(3)26(22)34-27(23)28(32)30(24)16-19-7-6-10-29-15-19/h4-10,12-15,24H,1,11,16H2,2-3H3. The van der Waals surface area contributed by atoms with Gasteiger partial charge in [-0.05, 0) is 60.4 Å². The van der Waals surface area contributed by atoms with E-state index < -0.39 is 6.04 Å². The molecule has 6 heteroatoms. The third-order valence-corrected chi connectivity index (χ3v) is 6.01. The number of amides is 1. The number of carbonyl (C=O) groups is 1. The molecule has 0 fully saturated rings. The number of hydrogen-bond acceptors (Lipinski definition) is 5. The molecule has 2 aromatic carbocycles. The van der Waals surface area contributed by atoms with Gasteiger partial charge in [-0.15, -0.1) is 0 Å². The summed E-state index contributed by atoms with van der Waals surface area (Å²) in [6.45, 7) is 8.16. The number of fused-ring (bicyclic) bond motifs is 2. The fraction of sp³-hybridized carbons (Fsp3) is 0.179. The Kier molecular flexibility index (Phi) is 5.49. The molecule has 1 aliphatic rings. The molecule has 0 radical (unpaired) electrons. The molecule has 0 spiro atoms. The minimum Gasteiger partial charge on any atom is -0.490 e. The highest BCUT2D eigenvalue weighted by Crippen LogP contribution is 2.40. The second-order valence-corrected chi connectivity index (χ2v) is 8.50. The van der Waals surface area contributed by atoms with E-state index in [1.165, 1.54) is 0 Å². The van der Waals surface area contributed by atoms with Crippen molar-refractivity contribution in [3.05, 3.63) is 117 Å². The van der Waals surface area contributed by atoms with Gasteiger partial charge in [-0.25, -0.2) is 0 Å². The molecule has 1 unspecified atom stereocenters. The molecule has 0 saturated heterocycles. The van der Waals surface area contributed by atoms with E-state index in [-0.39, 0.29) is 23.6 Å². The summed E-state index contributed by atoms with van der Waals surface area (Å²) in [5.41, 5.74) is 4.03. The highest BCUT2D eigenvalue weighted by Gasteiger charge is 2.43. The first kappa shape index (κ1) is 21.6. The van der Waals surface area contributed by atoms with E-state index in [0.717, 1.165) is 22.3 Å². The number of rotatable bonds is 6. The maximum atomic E-state index is 13.8. The molecule has 1 aliphatic heterocycles. The second kappa shape index (κ2) is 8.63. The van der Waals surface area contributed by atoms with Gasteiger partial charge >= 0.3 is 0 Å². The van der Waals surface area contributed by atoms with Crippen LogP contribution in [0.5, 0.6) is 5.75 Å². The third-order valence-electron chi connectivity index (χ3n) is 6.01. The van der Waals surface area contributed by atoms with Crippen molar-refractivity contribution in [3.8, 4) is 5.75 Å². The molecule has 0 bridgehead atoms. The van der Waals surface area contributed by atoms with Crippen molar-refractivity contribution in [3.63, 3.8) is 0 Å². The largest absolute Gasteiger partial charge is 0.490 e. The van der Waals surface area contributed by atoms with E-state index in [2.05, 4.69) is 11.6 Å². The molecule has 0 saturated carbocycles. The van der Waals surface area contributed by atoms with Gasteiger partial charge in [0.2, 0.25) is 5.76 Å². The van der Waals surface area contributed by atoms with Gasteiger partial charge < -0.3 is 14.1 Å². The topological polar surface area (TPSA) is 72.6 Å². The van der Waals surface area contributed by atoms with Crippen molar-refractivity contribution in [1.29, 1.82) is 0 Å². The monoisotopic (exact) mass is 452 g/mol. The van der Waals surface area contributed by atoms with Gasteiger partial charge in [0.1, 0.15) is 17.9 Å². The Bertz CT molecular complexity index is 1470. The molecule has 6 nitrogen and oxygen atoms in total. The number of pyridine rings is 1. The Morgan fingerprint density at radius 2 is 2.00 bits per heavy atom. The molecule has 3 heterocycles. The van der Waals surface area contributed by atoms with Gasteiger partial charge in [-0.3, -0.25) is 14.6 Å². The lowest BCUT2D eigenvalue weighted by Gasteiger charge is -2.25. The van der Waals surface area contributed by atoms with Crippen molar-refractivity contribution in [1.82, 2.24) is 9.88 Å². The Balaban J connectivity index is 1.72. The molecule has 0 aliphatic carbocycles. The van der Waals surface area contributed by atoms with E-state index >= 15 is 0 Å². The molecular formula is C28H24N2O4. The lowest BCUT2D eigenvalue weighted by molar-refractivity contribution is 0.0714. The number of hydrogen-bond donors (Lipinski definition) is 0. The summed E-state index contributed by atoms with van der Waals surface area (Å²) < 4.78 is 11.9. The van der Waals surface area contributed by atoms with Crippen LogP contribution in [-0.4, -0.2) is 22.4 Å². The van der Waals surface area contributed by atoms with Crippen LogP contribution in [0.4, 0.5) is 0 Å². The van der Waals surface area contributed by atoms with Crippen molar-refractivity contribution < 1.29 is 13.9 Å². The number of ether oxygens (including phenoxy) is 1. The minimum absolute atomic E-state index is 0.0933. The summed E-state index contributed by atoms with van der Waals surface area (Å²) in [6, 6.07) is 14.3. The summed E-state index contributed by atoms with van der Waals surface area (Å²) in [6.07, 6.45) is 5.07. The first-order chi connectivity index (χ1) is 16.5. The SMILES string of the molecule is C=CCOc1cccc(C2c3c(oc4c(C)cc(C)cc4c3=O)C(=O)N2Cc2cccnc2)c1. The van der Waals surface area contributed by atoms with Crippen molar-refractivity contribution in [2.24, 2.45) is 0 Å². The Hall–Kier alpha value is -4.19. The van der Waals surface area contributed by atoms with E-state index in [1.54, 1.807) is 23.4 Å². The normalized spacial score (nSPS) is 14.9. The summed E-state index contributed by atoms with van der Waals surface area (Å²) >= 11 is 0. The first-order valence-corrected chi connectivity index (χ1v) is 11.1. The van der Waals surface area contributed by atoms with Gasteiger partial charge in [-0.2, -0.15) is 0 Å². The molecule has 1 amide bonds. The highest BCUT2D eigenvalue weighted by molar-refractivity contribution is 5.99. The van der Waals surface area contributed by atoms with Crippen molar-refractivity contribution in [2.75, 3.05) is 6.61 Å². The lowest BCUT2D eigenvalue weighted by atomic mass is 9.97. The zero-order valence-corrected chi connectivity index (χ0v) is 19.1. The summed E-state index contributed by atoms with van der Waals surface area (Å²) in [7, 11) is 0. The fourth-order valence-corrected chi connectivity index (χ4v) is 4.60. The quantitative estimate of drug-likeness (QED) is 0.380. The van der Waals surface area contributed by atoms with Gasteiger partial charge in [0.05, 0.1) is 17.0 Å². The van der Waals surface area contributed by atoms with Gasteiger partial charge in [0.15, 0.2) is 5.43 Å². The smallest absolute Gasteiger partial charge is 0.291 e. The van der Waals surface area contributed by atoms with E-state index in [0.29, 0.717) is 28.9 Å². The number of nitrogens with zero attached hydrogens (tertiary/aromatic N) is 2.